The van der Waals surface area contributed by atoms with Gasteiger partial charge in [0.15, 0.2) is 0 Å². The minimum atomic E-state index is -0.425. The maximum Gasteiger partial charge on any atom is 0.0937 e. The minimum Gasteiger partial charge on any atom is -0.387 e. The summed E-state index contributed by atoms with van der Waals surface area (Å²) >= 11 is 0. The number of rotatable bonds is 5. The molecule has 0 amide bonds. The third-order valence-electron chi connectivity index (χ3n) is 3.31. The highest BCUT2D eigenvalue weighted by Gasteiger charge is 2.14. The summed E-state index contributed by atoms with van der Waals surface area (Å²) in [6.07, 6.45) is 1.49. The fourth-order valence-electron chi connectivity index (χ4n) is 2.19. The molecule has 2 aromatic rings. The predicted molar refractivity (Wildman–Crippen MR) is 71.0 cm³/mol. The van der Waals surface area contributed by atoms with Crippen LogP contribution in [0.25, 0.3) is 10.9 Å². The Bertz CT molecular complexity index is 474. The lowest BCUT2D eigenvalue weighted by atomic mass is 10.1. The molecular weight excluding hydrogens is 212 g/mol. The first kappa shape index (κ1) is 12.1. The van der Waals surface area contributed by atoms with Crippen molar-refractivity contribution < 1.29 is 5.11 Å². The van der Waals surface area contributed by atoms with Crippen LogP contribution in [0.3, 0.4) is 0 Å². The molecule has 0 radical (unpaired) electrons. The first-order valence-electron chi connectivity index (χ1n) is 6.22. The second-order valence-corrected chi connectivity index (χ2v) is 4.29. The average molecular weight is 232 g/mol. The number of nitrogens with zero attached hydrogens (tertiary/aromatic N) is 1. The van der Waals surface area contributed by atoms with Gasteiger partial charge in [0, 0.05) is 29.2 Å². The van der Waals surface area contributed by atoms with Crippen molar-refractivity contribution in [3.05, 3.63) is 36.0 Å². The Labute approximate surface area is 102 Å². The van der Waals surface area contributed by atoms with E-state index in [0.29, 0.717) is 6.54 Å². The van der Waals surface area contributed by atoms with Crippen LogP contribution in [0.1, 0.15) is 25.5 Å². The van der Waals surface area contributed by atoms with Gasteiger partial charge in [-0.2, -0.15) is 0 Å². The van der Waals surface area contributed by atoms with Crippen molar-refractivity contribution in [3.63, 3.8) is 0 Å². The van der Waals surface area contributed by atoms with E-state index in [1.165, 1.54) is 0 Å². The summed E-state index contributed by atoms with van der Waals surface area (Å²) in [5.74, 6) is 0. The Kier molecular flexibility index (Phi) is 3.82. The zero-order chi connectivity index (χ0) is 12.3. The zero-order valence-corrected chi connectivity index (χ0v) is 10.5. The van der Waals surface area contributed by atoms with Gasteiger partial charge in [0.2, 0.25) is 0 Å². The van der Waals surface area contributed by atoms with Crippen LogP contribution in [-0.4, -0.2) is 34.6 Å². The Morgan fingerprint density at radius 3 is 2.65 bits per heavy atom. The number of likely N-dealkylation sites (N-methyl/N-ethyl adjacent to an activating group) is 1. The molecule has 3 heteroatoms. The monoisotopic (exact) mass is 232 g/mol. The Hall–Kier alpha value is -1.32. The molecule has 92 valence electrons. The summed E-state index contributed by atoms with van der Waals surface area (Å²) in [5, 5.41) is 11.4. The summed E-state index contributed by atoms with van der Waals surface area (Å²) in [7, 11) is 0. The molecule has 17 heavy (non-hydrogen) atoms. The molecule has 0 saturated heterocycles. The highest BCUT2D eigenvalue weighted by molar-refractivity contribution is 5.83. The third-order valence-corrected chi connectivity index (χ3v) is 3.31. The summed E-state index contributed by atoms with van der Waals surface area (Å²) in [6, 6.07) is 8.08. The Balaban J connectivity index is 2.21. The minimum absolute atomic E-state index is 0.425. The van der Waals surface area contributed by atoms with Gasteiger partial charge >= 0.3 is 0 Å². The normalized spacial score (nSPS) is 13.4. The standard InChI is InChI=1S/C14H20N2O/c1-3-16(4-2)10-14(17)12-9-15-13-8-6-5-7-11(12)13/h5-9,14-15,17H,3-4,10H2,1-2H3/t14-/m1/s1. The van der Waals surface area contributed by atoms with Crippen molar-refractivity contribution >= 4 is 10.9 Å². The molecule has 1 aromatic carbocycles. The maximum absolute atomic E-state index is 10.3. The van der Waals surface area contributed by atoms with Crippen LogP contribution >= 0.6 is 0 Å². The van der Waals surface area contributed by atoms with Gasteiger partial charge in [-0.1, -0.05) is 32.0 Å². The summed E-state index contributed by atoms with van der Waals surface area (Å²) in [6.45, 7) is 6.86. The van der Waals surface area contributed by atoms with Crippen LogP contribution in [0, 0.1) is 0 Å². The summed E-state index contributed by atoms with van der Waals surface area (Å²) < 4.78 is 0. The van der Waals surface area contributed by atoms with E-state index in [1.807, 2.05) is 30.5 Å². The first-order valence-corrected chi connectivity index (χ1v) is 6.22. The van der Waals surface area contributed by atoms with Crippen LogP contribution in [0.2, 0.25) is 0 Å². The lowest BCUT2D eigenvalue weighted by Crippen LogP contribution is -2.28. The summed E-state index contributed by atoms with van der Waals surface area (Å²) in [5.41, 5.74) is 2.08. The highest BCUT2D eigenvalue weighted by Crippen LogP contribution is 2.24. The number of hydrogen-bond donors (Lipinski definition) is 2. The van der Waals surface area contributed by atoms with Gasteiger partial charge in [0.05, 0.1) is 6.10 Å². The SMILES string of the molecule is CCN(CC)C[C@@H](O)c1c[nH]c2ccccc12. The highest BCUT2D eigenvalue weighted by atomic mass is 16.3. The number of nitrogens with one attached hydrogen (secondary N) is 1. The molecule has 0 aliphatic carbocycles. The van der Waals surface area contributed by atoms with Gasteiger partial charge in [-0.15, -0.1) is 0 Å². The molecule has 0 saturated carbocycles. The second kappa shape index (κ2) is 5.34. The molecule has 0 aliphatic heterocycles. The quantitative estimate of drug-likeness (QED) is 0.831. The number of H-pyrrole nitrogens is 1. The molecule has 2 rings (SSSR count). The van der Waals surface area contributed by atoms with Crippen molar-refractivity contribution in [2.75, 3.05) is 19.6 Å². The number of fused-ring (bicyclic) bond motifs is 1. The van der Waals surface area contributed by atoms with E-state index in [0.717, 1.165) is 29.6 Å². The van der Waals surface area contributed by atoms with Crippen molar-refractivity contribution in [1.82, 2.24) is 9.88 Å². The van der Waals surface area contributed by atoms with Gasteiger partial charge in [-0.05, 0) is 19.2 Å². The second-order valence-electron chi connectivity index (χ2n) is 4.29. The lowest BCUT2D eigenvalue weighted by molar-refractivity contribution is 0.120. The molecule has 0 unspecified atom stereocenters. The van der Waals surface area contributed by atoms with Crippen LogP contribution in [0.4, 0.5) is 0 Å². The van der Waals surface area contributed by atoms with Gasteiger partial charge in [0.1, 0.15) is 0 Å². The molecule has 1 atom stereocenters. The van der Waals surface area contributed by atoms with E-state index in [1.54, 1.807) is 0 Å². The number of para-hydroxylation sites is 1. The van der Waals surface area contributed by atoms with Gasteiger partial charge < -0.3 is 15.0 Å². The fraction of sp³-hybridized carbons (Fsp3) is 0.429. The van der Waals surface area contributed by atoms with E-state index in [-0.39, 0.29) is 0 Å². The van der Waals surface area contributed by atoms with E-state index < -0.39 is 6.10 Å². The number of hydrogen-bond acceptors (Lipinski definition) is 2. The summed E-state index contributed by atoms with van der Waals surface area (Å²) in [4.78, 5) is 5.43. The number of aromatic amines is 1. The van der Waals surface area contributed by atoms with Crippen LogP contribution < -0.4 is 0 Å². The van der Waals surface area contributed by atoms with Crippen molar-refractivity contribution in [2.45, 2.75) is 20.0 Å². The van der Waals surface area contributed by atoms with E-state index in [2.05, 4.69) is 23.7 Å². The Morgan fingerprint density at radius 2 is 1.94 bits per heavy atom. The molecule has 3 nitrogen and oxygen atoms in total. The first-order chi connectivity index (χ1) is 8.26. The van der Waals surface area contributed by atoms with Crippen LogP contribution in [-0.2, 0) is 0 Å². The largest absolute Gasteiger partial charge is 0.387 e. The Morgan fingerprint density at radius 1 is 1.24 bits per heavy atom. The molecule has 0 aliphatic rings. The number of aliphatic hydroxyl groups excluding tert-OH is 1. The fourth-order valence-corrected chi connectivity index (χ4v) is 2.19. The number of aromatic nitrogens is 1. The molecule has 1 heterocycles. The maximum atomic E-state index is 10.3. The van der Waals surface area contributed by atoms with E-state index in [4.69, 9.17) is 0 Å². The van der Waals surface area contributed by atoms with Crippen molar-refractivity contribution in [3.8, 4) is 0 Å². The smallest absolute Gasteiger partial charge is 0.0937 e. The topological polar surface area (TPSA) is 39.3 Å². The van der Waals surface area contributed by atoms with E-state index in [9.17, 15) is 5.11 Å². The lowest BCUT2D eigenvalue weighted by Gasteiger charge is -2.21. The predicted octanol–water partition coefficient (Wildman–Crippen LogP) is 2.54. The van der Waals surface area contributed by atoms with E-state index >= 15 is 0 Å². The van der Waals surface area contributed by atoms with Crippen LogP contribution in [0.5, 0.6) is 0 Å². The molecule has 1 aromatic heterocycles. The van der Waals surface area contributed by atoms with Crippen molar-refractivity contribution in [1.29, 1.82) is 0 Å². The van der Waals surface area contributed by atoms with Gasteiger partial charge in [0.25, 0.3) is 0 Å². The number of benzene rings is 1. The zero-order valence-electron chi connectivity index (χ0n) is 10.5. The number of aliphatic hydroxyl groups is 1. The van der Waals surface area contributed by atoms with Crippen molar-refractivity contribution in [2.24, 2.45) is 0 Å². The molecule has 2 N–H and O–H groups in total. The van der Waals surface area contributed by atoms with Gasteiger partial charge in [-0.3, -0.25) is 0 Å². The average Bonchev–Trinajstić information content (AvgIpc) is 2.79. The van der Waals surface area contributed by atoms with Crippen LogP contribution in [0.15, 0.2) is 30.5 Å². The molecule has 0 spiro atoms. The molecule has 0 bridgehead atoms. The third kappa shape index (κ3) is 2.51. The molecule has 0 fully saturated rings. The molecular formula is C14H20N2O. The van der Waals surface area contributed by atoms with Gasteiger partial charge in [-0.25, -0.2) is 0 Å².